The Bertz CT molecular complexity index is 683. The summed E-state index contributed by atoms with van der Waals surface area (Å²) < 4.78 is 0. The number of hydrogen-bond acceptors (Lipinski definition) is 3. The lowest BCUT2D eigenvalue weighted by Gasteiger charge is -2.26. The van der Waals surface area contributed by atoms with E-state index in [1.165, 1.54) is 6.42 Å². The monoisotopic (exact) mass is 297 g/mol. The van der Waals surface area contributed by atoms with Gasteiger partial charge in [0.1, 0.15) is 0 Å². The van der Waals surface area contributed by atoms with Crippen LogP contribution in [0.5, 0.6) is 0 Å². The third kappa shape index (κ3) is 3.28. The Labute approximate surface area is 131 Å². The van der Waals surface area contributed by atoms with Crippen LogP contribution in [0.15, 0.2) is 30.3 Å². The van der Waals surface area contributed by atoms with Gasteiger partial charge in [-0.1, -0.05) is 24.6 Å². The Hall–Kier alpha value is -1.94. The van der Waals surface area contributed by atoms with Gasteiger partial charge in [-0.2, -0.15) is 0 Å². The van der Waals surface area contributed by atoms with E-state index in [1.54, 1.807) is 0 Å². The number of carbonyl (C=O) groups excluding carboxylic acids is 1. The number of nitrogens with two attached hydrogens (primary N) is 1. The van der Waals surface area contributed by atoms with E-state index in [-0.39, 0.29) is 5.91 Å². The molecule has 116 valence electrons. The van der Waals surface area contributed by atoms with Crippen molar-refractivity contribution in [2.75, 3.05) is 6.54 Å². The molecule has 1 amide bonds. The number of pyridine rings is 1. The molecule has 1 aromatic carbocycles. The molecule has 1 aliphatic carbocycles. The van der Waals surface area contributed by atoms with Crippen LogP contribution in [-0.4, -0.2) is 23.5 Å². The Morgan fingerprint density at radius 1 is 1.36 bits per heavy atom. The van der Waals surface area contributed by atoms with Crippen LogP contribution in [0.25, 0.3) is 10.9 Å². The molecule has 0 spiro atoms. The molecule has 2 atom stereocenters. The van der Waals surface area contributed by atoms with Crippen LogP contribution >= 0.6 is 0 Å². The molecule has 3 N–H and O–H groups in total. The van der Waals surface area contributed by atoms with Gasteiger partial charge in [0.2, 0.25) is 0 Å². The van der Waals surface area contributed by atoms with E-state index >= 15 is 0 Å². The van der Waals surface area contributed by atoms with Crippen LogP contribution in [0.4, 0.5) is 0 Å². The maximum absolute atomic E-state index is 12.6. The molecule has 2 unspecified atom stereocenters. The molecule has 0 aliphatic heterocycles. The molecule has 4 heteroatoms. The summed E-state index contributed by atoms with van der Waals surface area (Å²) in [5.74, 6) is 0.489. The van der Waals surface area contributed by atoms with Gasteiger partial charge in [0.25, 0.3) is 5.91 Å². The predicted molar refractivity (Wildman–Crippen MR) is 88.7 cm³/mol. The van der Waals surface area contributed by atoms with Gasteiger partial charge in [-0.3, -0.25) is 9.78 Å². The molecular weight excluding hydrogens is 274 g/mol. The molecule has 4 nitrogen and oxygen atoms in total. The van der Waals surface area contributed by atoms with Crippen molar-refractivity contribution in [3.8, 4) is 0 Å². The molecule has 3 rings (SSSR count). The standard InChI is InChI=1S/C18H23N3O/c1-12-9-16(15-7-2-3-8-17(15)21-12)18(22)20-11-13-5-4-6-14(19)10-13/h2-3,7-9,13-14H,4-6,10-11,19H2,1H3,(H,20,22). The van der Waals surface area contributed by atoms with Crippen molar-refractivity contribution in [1.82, 2.24) is 10.3 Å². The normalized spacial score (nSPS) is 21.7. The van der Waals surface area contributed by atoms with E-state index < -0.39 is 0 Å². The average molecular weight is 297 g/mol. The van der Waals surface area contributed by atoms with Crippen molar-refractivity contribution >= 4 is 16.8 Å². The number of amides is 1. The summed E-state index contributed by atoms with van der Waals surface area (Å²) in [6, 6.07) is 9.94. The van der Waals surface area contributed by atoms with Crippen molar-refractivity contribution in [2.24, 2.45) is 11.7 Å². The first kappa shape index (κ1) is 15.0. The smallest absolute Gasteiger partial charge is 0.252 e. The van der Waals surface area contributed by atoms with Crippen molar-refractivity contribution in [3.05, 3.63) is 41.6 Å². The molecule has 1 heterocycles. The summed E-state index contributed by atoms with van der Waals surface area (Å²) in [5.41, 5.74) is 8.46. The number of rotatable bonds is 3. The summed E-state index contributed by atoms with van der Waals surface area (Å²) in [6.45, 7) is 2.63. The maximum Gasteiger partial charge on any atom is 0.252 e. The van der Waals surface area contributed by atoms with Gasteiger partial charge in [0.05, 0.1) is 11.1 Å². The lowest BCUT2D eigenvalue weighted by atomic mass is 9.86. The van der Waals surface area contributed by atoms with E-state index in [9.17, 15) is 4.79 Å². The molecule has 0 bridgehead atoms. The number of carbonyl (C=O) groups is 1. The number of aromatic nitrogens is 1. The predicted octanol–water partition coefficient (Wildman–Crippen LogP) is 2.79. The summed E-state index contributed by atoms with van der Waals surface area (Å²) in [4.78, 5) is 17.0. The Morgan fingerprint density at radius 2 is 2.18 bits per heavy atom. The molecule has 1 fully saturated rings. The Balaban J connectivity index is 1.75. The highest BCUT2D eigenvalue weighted by Crippen LogP contribution is 2.23. The SMILES string of the molecule is Cc1cc(C(=O)NCC2CCCC(N)C2)c2ccccc2n1. The van der Waals surface area contributed by atoms with Crippen LogP contribution < -0.4 is 11.1 Å². The fraction of sp³-hybridized carbons (Fsp3) is 0.444. The topological polar surface area (TPSA) is 68.0 Å². The number of aryl methyl sites for hydroxylation is 1. The highest BCUT2D eigenvalue weighted by atomic mass is 16.1. The maximum atomic E-state index is 12.6. The molecule has 0 saturated heterocycles. The molecular formula is C18H23N3O. The molecule has 1 aromatic heterocycles. The molecule has 1 saturated carbocycles. The zero-order valence-electron chi connectivity index (χ0n) is 13.0. The largest absolute Gasteiger partial charge is 0.352 e. The zero-order chi connectivity index (χ0) is 15.5. The van der Waals surface area contributed by atoms with Gasteiger partial charge in [-0.05, 0) is 44.2 Å². The van der Waals surface area contributed by atoms with Crippen molar-refractivity contribution in [1.29, 1.82) is 0 Å². The fourth-order valence-corrected chi connectivity index (χ4v) is 3.35. The highest BCUT2D eigenvalue weighted by Gasteiger charge is 2.20. The van der Waals surface area contributed by atoms with E-state index in [0.29, 0.717) is 24.1 Å². The second-order valence-electron chi connectivity index (χ2n) is 6.33. The van der Waals surface area contributed by atoms with Crippen LogP contribution in [0.2, 0.25) is 0 Å². The summed E-state index contributed by atoms with van der Waals surface area (Å²) in [6.07, 6.45) is 4.44. The molecule has 0 radical (unpaired) electrons. The quantitative estimate of drug-likeness (QED) is 0.915. The Kier molecular flexibility index (Phi) is 4.39. The fourth-order valence-electron chi connectivity index (χ4n) is 3.35. The summed E-state index contributed by atoms with van der Waals surface area (Å²) in [7, 11) is 0. The Morgan fingerprint density at radius 3 is 3.00 bits per heavy atom. The van der Waals surface area contributed by atoms with Gasteiger partial charge in [0, 0.05) is 23.7 Å². The number of benzene rings is 1. The van der Waals surface area contributed by atoms with Crippen LogP contribution in [0, 0.1) is 12.8 Å². The van der Waals surface area contributed by atoms with E-state index in [4.69, 9.17) is 5.73 Å². The first-order valence-electron chi connectivity index (χ1n) is 8.03. The van der Waals surface area contributed by atoms with Gasteiger partial charge in [-0.15, -0.1) is 0 Å². The molecule has 22 heavy (non-hydrogen) atoms. The second kappa shape index (κ2) is 6.44. The van der Waals surface area contributed by atoms with Gasteiger partial charge in [-0.25, -0.2) is 0 Å². The number of para-hydroxylation sites is 1. The van der Waals surface area contributed by atoms with E-state index in [1.807, 2.05) is 37.3 Å². The average Bonchev–Trinajstić information content (AvgIpc) is 2.52. The third-order valence-electron chi connectivity index (χ3n) is 4.46. The second-order valence-corrected chi connectivity index (χ2v) is 6.33. The number of nitrogens with one attached hydrogen (secondary N) is 1. The van der Waals surface area contributed by atoms with Crippen LogP contribution in [0.1, 0.15) is 41.7 Å². The van der Waals surface area contributed by atoms with Crippen molar-refractivity contribution < 1.29 is 4.79 Å². The third-order valence-corrected chi connectivity index (χ3v) is 4.46. The minimum absolute atomic E-state index is 0.0131. The van der Waals surface area contributed by atoms with E-state index in [2.05, 4.69) is 10.3 Å². The molecule has 2 aromatic rings. The number of fused-ring (bicyclic) bond motifs is 1. The summed E-state index contributed by atoms with van der Waals surface area (Å²) >= 11 is 0. The van der Waals surface area contributed by atoms with Gasteiger partial charge >= 0.3 is 0 Å². The minimum Gasteiger partial charge on any atom is -0.352 e. The lowest BCUT2D eigenvalue weighted by Crippen LogP contribution is -2.35. The highest BCUT2D eigenvalue weighted by molar-refractivity contribution is 6.06. The number of hydrogen-bond donors (Lipinski definition) is 2. The van der Waals surface area contributed by atoms with Crippen molar-refractivity contribution in [3.63, 3.8) is 0 Å². The first-order chi connectivity index (χ1) is 10.6. The first-order valence-corrected chi connectivity index (χ1v) is 8.03. The minimum atomic E-state index is -0.0131. The van der Waals surface area contributed by atoms with E-state index in [0.717, 1.165) is 35.9 Å². The summed E-state index contributed by atoms with van der Waals surface area (Å²) in [5, 5.41) is 3.99. The van der Waals surface area contributed by atoms with Crippen LogP contribution in [0.3, 0.4) is 0 Å². The van der Waals surface area contributed by atoms with Gasteiger partial charge in [0.15, 0.2) is 0 Å². The van der Waals surface area contributed by atoms with Gasteiger partial charge < -0.3 is 11.1 Å². The lowest BCUT2D eigenvalue weighted by molar-refractivity contribution is 0.0944. The van der Waals surface area contributed by atoms with Crippen LogP contribution in [-0.2, 0) is 0 Å². The van der Waals surface area contributed by atoms with Crippen molar-refractivity contribution in [2.45, 2.75) is 38.6 Å². The number of nitrogens with zero attached hydrogens (tertiary/aromatic N) is 1. The molecule has 1 aliphatic rings. The zero-order valence-corrected chi connectivity index (χ0v) is 13.0.